The average molecular weight is 294 g/mol. The summed E-state index contributed by atoms with van der Waals surface area (Å²) in [5, 5.41) is 0. The van der Waals surface area contributed by atoms with Gasteiger partial charge in [0, 0.05) is 18.1 Å². The van der Waals surface area contributed by atoms with Crippen LogP contribution in [0.5, 0.6) is 0 Å². The molecule has 0 radical (unpaired) electrons. The minimum absolute atomic E-state index is 0.0836. The molecular weight excluding hydrogens is 263 g/mol. The van der Waals surface area contributed by atoms with Gasteiger partial charge in [0.25, 0.3) is 0 Å². The summed E-state index contributed by atoms with van der Waals surface area (Å²) in [5.41, 5.74) is 7.17. The standard InChI is InChI=1S/C18H31FN2/c1-5-6-7-12-21(15(2)3)18(4,14-20)13-16-8-10-17(19)11-9-16/h8-11,15H,5-7,12-14,20H2,1-4H3. The Hall–Kier alpha value is -0.930. The SMILES string of the molecule is CCCCCN(C(C)C)C(C)(CN)Cc1ccc(F)cc1. The lowest BCUT2D eigenvalue weighted by Gasteiger charge is -2.44. The molecular formula is C18H31FN2. The first-order valence-corrected chi connectivity index (χ1v) is 8.14. The van der Waals surface area contributed by atoms with Gasteiger partial charge in [0.2, 0.25) is 0 Å². The van der Waals surface area contributed by atoms with Crippen LogP contribution in [0.3, 0.4) is 0 Å². The monoisotopic (exact) mass is 294 g/mol. The Morgan fingerprint density at radius 1 is 1.19 bits per heavy atom. The van der Waals surface area contributed by atoms with Crippen LogP contribution in [0.15, 0.2) is 24.3 Å². The highest BCUT2D eigenvalue weighted by Crippen LogP contribution is 2.23. The van der Waals surface area contributed by atoms with Crippen LogP contribution in [0.2, 0.25) is 0 Å². The summed E-state index contributed by atoms with van der Waals surface area (Å²) < 4.78 is 13.1. The van der Waals surface area contributed by atoms with E-state index in [1.54, 1.807) is 0 Å². The fourth-order valence-electron chi connectivity index (χ4n) is 3.02. The molecule has 1 atom stereocenters. The number of hydrogen-bond donors (Lipinski definition) is 1. The van der Waals surface area contributed by atoms with Crippen molar-refractivity contribution in [2.24, 2.45) is 5.73 Å². The van der Waals surface area contributed by atoms with E-state index in [0.717, 1.165) is 18.5 Å². The number of rotatable bonds is 9. The van der Waals surface area contributed by atoms with Crippen molar-refractivity contribution in [1.29, 1.82) is 0 Å². The number of nitrogens with two attached hydrogens (primary N) is 1. The smallest absolute Gasteiger partial charge is 0.123 e. The zero-order valence-corrected chi connectivity index (χ0v) is 14.0. The summed E-state index contributed by atoms with van der Waals surface area (Å²) in [5.74, 6) is -0.183. The minimum atomic E-state index is -0.183. The zero-order chi connectivity index (χ0) is 15.9. The normalized spacial score (nSPS) is 14.7. The highest BCUT2D eigenvalue weighted by atomic mass is 19.1. The zero-order valence-electron chi connectivity index (χ0n) is 14.0. The van der Waals surface area contributed by atoms with E-state index in [1.807, 2.05) is 12.1 Å². The molecule has 0 heterocycles. The van der Waals surface area contributed by atoms with Crippen molar-refractivity contribution in [3.05, 3.63) is 35.6 Å². The minimum Gasteiger partial charge on any atom is -0.329 e. The molecule has 1 aromatic rings. The van der Waals surface area contributed by atoms with Gasteiger partial charge in [0.15, 0.2) is 0 Å². The van der Waals surface area contributed by atoms with Crippen LogP contribution in [0.1, 0.15) is 52.5 Å². The van der Waals surface area contributed by atoms with E-state index in [2.05, 4.69) is 32.6 Å². The molecule has 0 aliphatic heterocycles. The molecule has 120 valence electrons. The lowest BCUT2D eigenvalue weighted by molar-refractivity contribution is 0.0736. The molecule has 0 spiro atoms. The lowest BCUT2D eigenvalue weighted by Crippen LogP contribution is -2.56. The summed E-state index contributed by atoms with van der Waals surface area (Å²) >= 11 is 0. The van der Waals surface area contributed by atoms with Crippen LogP contribution in [-0.4, -0.2) is 29.6 Å². The van der Waals surface area contributed by atoms with Crippen molar-refractivity contribution < 1.29 is 4.39 Å². The largest absolute Gasteiger partial charge is 0.329 e. The van der Waals surface area contributed by atoms with E-state index in [0.29, 0.717) is 12.6 Å². The van der Waals surface area contributed by atoms with Crippen molar-refractivity contribution in [3.63, 3.8) is 0 Å². The Balaban J connectivity index is 2.84. The quantitative estimate of drug-likeness (QED) is 0.698. The summed E-state index contributed by atoms with van der Waals surface area (Å²) in [6.45, 7) is 10.6. The average Bonchev–Trinajstić information content (AvgIpc) is 2.45. The van der Waals surface area contributed by atoms with Gasteiger partial charge in [0.05, 0.1) is 0 Å². The third-order valence-electron chi connectivity index (χ3n) is 4.26. The second kappa shape index (κ2) is 8.50. The highest BCUT2D eigenvalue weighted by molar-refractivity contribution is 5.19. The maximum atomic E-state index is 13.1. The van der Waals surface area contributed by atoms with Crippen molar-refractivity contribution in [3.8, 4) is 0 Å². The van der Waals surface area contributed by atoms with E-state index in [-0.39, 0.29) is 11.4 Å². The third-order valence-corrected chi connectivity index (χ3v) is 4.26. The number of halogens is 1. The third kappa shape index (κ3) is 5.40. The number of unbranched alkanes of at least 4 members (excludes halogenated alkanes) is 2. The van der Waals surface area contributed by atoms with Crippen LogP contribution in [-0.2, 0) is 6.42 Å². The van der Waals surface area contributed by atoms with Crippen LogP contribution in [0.25, 0.3) is 0 Å². The van der Waals surface area contributed by atoms with Gasteiger partial charge in [0.1, 0.15) is 5.82 Å². The number of nitrogens with zero attached hydrogens (tertiary/aromatic N) is 1. The first kappa shape index (κ1) is 18.1. The second-order valence-corrected chi connectivity index (χ2v) is 6.50. The van der Waals surface area contributed by atoms with Gasteiger partial charge < -0.3 is 5.73 Å². The van der Waals surface area contributed by atoms with E-state index >= 15 is 0 Å². The van der Waals surface area contributed by atoms with Gasteiger partial charge in [-0.1, -0.05) is 31.9 Å². The molecule has 1 unspecified atom stereocenters. The molecule has 21 heavy (non-hydrogen) atoms. The molecule has 0 amide bonds. The molecule has 0 saturated carbocycles. The van der Waals surface area contributed by atoms with E-state index in [1.165, 1.54) is 31.4 Å². The Bertz CT molecular complexity index is 402. The lowest BCUT2D eigenvalue weighted by atomic mass is 9.89. The predicted octanol–water partition coefficient (Wildman–Crippen LogP) is 3.99. The summed E-state index contributed by atoms with van der Waals surface area (Å²) in [6, 6.07) is 7.25. The fourth-order valence-corrected chi connectivity index (χ4v) is 3.02. The Labute approximate surface area is 129 Å². The number of hydrogen-bond acceptors (Lipinski definition) is 2. The molecule has 0 aliphatic carbocycles. The maximum Gasteiger partial charge on any atom is 0.123 e. The first-order chi connectivity index (χ1) is 9.92. The highest BCUT2D eigenvalue weighted by Gasteiger charge is 2.32. The summed E-state index contributed by atoms with van der Waals surface area (Å²) in [4.78, 5) is 2.51. The van der Waals surface area contributed by atoms with E-state index in [4.69, 9.17) is 5.73 Å². The molecule has 2 nitrogen and oxygen atoms in total. The maximum absolute atomic E-state index is 13.1. The molecule has 0 fully saturated rings. The van der Waals surface area contributed by atoms with Gasteiger partial charge in [-0.2, -0.15) is 0 Å². The van der Waals surface area contributed by atoms with Crippen molar-refractivity contribution in [2.45, 2.75) is 65.0 Å². The van der Waals surface area contributed by atoms with Gasteiger partial charge in [-0.05, 0) is 57.9 Å². The van der Waals surface area contributed by atoms with Gasteiger partial charge in [-0.15, -0.1) is 0 Å². The molecule has 0 saturated heterocycles. The van der Waals surface area contributed by atoms with Crippen molar-refractivity contribution in [1.82, 2.24) is 4.90 Å². The fraction of sp³-hybridized carbons (Fsp3) is 0.667. The summed E-state index contributed by atoms with van der Waals surface area (Å²) in [7, 11) is 0. The van der Waals surface area contributed by atoms with Gasteiger partial charge in [-0.25, -0.2) is 4.39 Å². The molecule has 2 N–H and O–H groups in total. The van der Waals surface area contributed by atoms with Crippen LogP contribution in [0.4, 0.5) is 4.39 Å². The molecule has 1 aromatic carbocycles. The second-order valence-electron chi connectivity index (χ2n) is 6.50. The molecule has 0 aliphatic rings. The summed E-state index contributed by atoms with van der Waals surface area (Å²) in [6.07, 6.45) is 4.53. The molecule has 0 aromatic heterocycles. The molecule has 1 rings (SSSR count). The predicted molar refractivity (Wildman–Crippen MR) is 88.9 cm³/mol. The van der Waals surface area contributed by atoms with E-state index < -0.39 is 0 Å². The van der Waals surface area contributed by atoms with Gasteiger partial charge in [-0.3, -0.25) is 4.90 Å². The Morgan fingerprint density at radius 2 is 1.81 bits per heavy atom. The number of benzene rings is 1. The van der Waals surface area contributed by atoms with Crippen LogP contribution < -0.4 is 5.73 Å². The molecule has 3 heteroatoms. The van der Waals surface area contributed by atoms with Crippen LogP contribution in [0, 0.1) is 5.82 Å². The topological polar surface area (TPSA) is 29.3 Å². The van der Waals surface area contributed by atoms with E-state index in [9.17, 15) is 4.39 Å². The Morgan fingerprint density at radius 3 is 2.29 bits per heavy atom. The molecule has 0 bridgehead atoms. The Kier molecular flexibility index (Phi) is 7.33. The van der Waals surface area contributed by atoms with Crippen molar-refractivity contribution in [2.75, 3.05) is 13.1 Å². The van der Waals surface area contributed by atoms with Gasteiger partial charge >= 0.3 is 0 Å². The van der Waals surface area contributed by atoms with Crippen LogP contribution >= 0.6 is 0 Å². The van der Waals surface area contributed by atoms with Crippen molar-refractivity contribution >= 4 is 0 Å². The first-order valence-electron chi connectivity index (χ1n) is 8.14.